The van der Waals surface area contributed by atoms with Crippen molar-refractivity contribution in [3.8, 4) is 0 Å². The number of hydrogen-bond donors (Lipinski definition) is 1. The zero-order valence-corrected chi connectivity index (χ0v) is 15.0. The maximum absolute atomic E-state index is 13.8. The topological polar surface area (TPSA) is 42.0 Å². The van der Waals surface area contributed by atoms with Crippen LogP contribution in [0, 0.1) is 12.7 Å². The van der Waals surface area contributed by atoms with Gasteiger partial charge in [-0.1, -0.05) is 20.8 Å². The van der Waals surface area contributed by atoms with Crippen molar-refractivity contribution in [2.45, 2.75) is 45.8 Å². The first-order valence-corrected chi connectivity index (χ1v) is 8.00. The molecule has 0 aliphatic carbocycles. The molecule has 0 radical (unpaired) electrons. The number of carbonyl (C=O) groups is 1. The number of aryl methyl sites for hydroxylation is 1. The maximum Gasteiger partial charge on any atom is 0.416 e. The van der Waals surface area contributed by atoms with Crippen LogP contribution in [0.15, 0.2) is 30.5 Å². The highest BCUT2D eigenvalue weighted by atomic mass is 19.4. The van der Waals surface area contributed by atoms with E-state index in [1.165, 1.54) is 0 Å². The average Bonchev–Trinajstić information content (AvgIpc) is 2.52. The number of halogens is 4. The van der Waals surface area contributed by atoms with Gasteiger partial charge in [-0.15, -0.1) is 0 Å². The minimum atomic E-state index is -4.57. The van der Waals surface area contributed by atoms with E-state index >= 15 is 0 Å². The highest BCUT2D eigenvalue weighted by Crippen LogP contribution is 2.30. The molecule has 0 atom stereocenters. The number of alkyl halides is 3. The van der Waals surface area contributed by atoms with Gasteiger partial charge in [-0.2, -0.15) is 13.2 Å². The first-order chi connectivity index (χ1) is 11.9. The quantitative estimate of drug-likeness (QED) is 0.793. The molecule has 0 spiro atoms. The molecule has 0 unspecified atom stereocenters. The lowest BCUT2D eigenvalue weighted by Crippen LogP contribution is -2.25. The highest BCUT2D eigenvalue weighted by Gasteiger charge is 2.31. The van der Waals surface area contributed by atoms with Crippen molar-refractivity contribution >= 4 is 5.91 Å². The third-order valence-electron chi connectivity index (χ3n) is 3.93. The molecule has 1 heterocycles. The number of rotatable bonds is 3. The maximum atomic E-state index is 13.8. The van der Waals surface area contributed by atoms with Crippen LogP contribution in [0.5, 0.6) is 0 Å². The number of amides is 1. The van der Waals surface area contributed by atoms with Crippen molar-refractivity contribution in [2.24, 2.45) is 0 Å². The second-order valence-electron chi connectivity index (χ2n) is 7.12. The Labute approximate surface area is 149 Å². The fourth-order valence-corrected chi connectivity index (χ4v) is 2.34. The number of carbonyl (C=O) groups excluding carboxylic acids is 1. The summed E-state index contributed by atoms with van der Waals surface area (Å²) in [5.41, 5.74) is 0.237. The molecule has 0 saturated carbocycles. The number of hydrogen-bond acceptors (Lipinski definition) is 2. The van der Waals surface area contributed by atoms with Gasteiger partial charge in [0.2, 0.25) is 0 Å². The van der Waals surface area contributed by atoms with Crippen LogP contribution in [0.4, 0.5) is 17.6 Å². The Morgan fingerprint density at radius 2 is 1.81 bits per heavy atom. The average molecular weight is 368 g/mol. The van der Waals surface area contributed by atoms with E-state index in [9.17, 15) is 22.4 Å². The lowest BCUT2D eigenvalue weighted by molar-refractivity contribution is -0.137. The molecule has 2 rings (SSSR count). The van der Waals surface area contributed by atoms with E-state index in [1.807, 2.05) is 20.8 Å². The van der Waals surface area contributed by atoms with Crippen molar-refractivity contribution in [3.05, 3.63) is 64.2 Å². The van der Waals surface area contributed by atoms with Crippen molar-refractivity contribution < 1.29 is 22.4 Å². The molecular formula is C19H20F4N2O. The Balaban J connectivity index is 2.22. The van der Waals surface area contributed by atoms with Crippen LogP contribution in [-0.4, -0.2) is 10.9 Å². The van der Waals surface area contributed by atoms with E-state index in [1.54, 1.807) is 19.2 Å². The second-order valence-corrected chi connectivity index (χ2v) is 7.12. The van der Waals surface area contributed by atoms with Gasteiger partial charge in [0.05, 0.1) is 5.56 Å². The van der Waals surface area contributed by atoms with Gasteiger partial charge in [-0.05, 0) is 36.8 Å². The lowest BCUT2D eigenvalue weighted by Gasteiger charge is -2.19. The van der Waals surface area contributed by atoms with Crippen LogP contribution in [0.25, 0.3) is 0 Å². The minimum Gasteiger partial charge on any atom is -0.348 e. The van der Waals surface area contributed by atoms with Crippen LogP contribution >= 0.6 is 0 Å². The summed E-state index contributed by atoms with van der Waals surface area (Å²) in [5.74, 6) is -1.30. The Morgan fingerprint density at radius 1 is 1.15 bits per heavy atom. The fourth-order valence-electron chi connectivity index (χ4n) is 2.34. The smallest absolute Gasteiger partial charge is 0.348 e. The number of aromatic nitrogens is 1. The summed E-state index contributed by atoms with van der Waals surface area (Å²) < 4.78 is 52.0. The molecule has 3 nitrogen and oxygen atoms in total. The molecule has 2 aromatic rings. The van der Waals surface area contributed by atoms with Crippen LogP contribution in [-0.2, 0) is 18.1 Å². The van der Waals surface area contributed by atoms with Crippen LogP contribution < -0.4 is 5.32 Å². The standard InChI is InChI=1S/C19H20F4N2O/c1-11-9-24-16(18(2,3)4)8-14(11)17(26)25-10-12-7-13(19(21,22)23)5-6-15(12)20/h5-9H,10H2,1-4H3,(H,25,26). The Kier molecular flexibility index (Phi) is 5.39. The summed E-state index contributed by atoms with van der Waals surface area (Å²) in [6, 6.07) is 3.77. The summed E-state index contributed by atoms with van der Waals surface area (Å²) in [5, 5.41) is 2.48. The van der Waals surface area contributed by atoms with E-state index in [0.717, 1.165) is 6.07 Å². The number of nitrogens with one attached hydrogen (secondary N) is 1. The summed E-state index contributed by atoms with van der Waals surface area (Å²) in [7, 11) is 0. The molecular weight excluding hydrogens is 348 g/mol. The van der Waals surface area contributed by atoms with Crippen molar-refractivity contribution in [3.63, 3.8) is 0 Å². The van der Waals surface area contributed by atoms with E-state index in [4.69, 9.17) is 0 Å². The third-order valence-corrected chi connectivity index (χ3v) is 3.93. The van der Waals surface area contributed by atoms with Gasteiger partial charge in [0.15, 0.2) is 0 Å². The molecule has 140 valence electrons. The largest absolute Gasteiger partial charge is 0.416 e. The first-order valence-electron chi connectivity index (χ1n) is 8.00. The van der Waals surface area contributed by atoms with Crippen LogP contribution in [0.2, 0.25) is 0 Å². The Bertz CT molecular complexity index is 823. The zero-order chi connectivity index (χ0) is 19.7. The van der Waals surface area contributed by atoms with Gasteiger partial charge in [0.25, 0.3) is 5.91 Å². The molecule has 1 amide bonds. The summed E-state index contributed by atoms with van der Waals surface area (Å²) in [6.45, 7) is 7.21. The van der Waals surface area contributed by atoms with Gasteiger partial charge in [-0.25, -0.2) is 4.39 Å². The van der Waals surface area contributed by atoms with E-state index in [-0.39, 0.29) is 17.5 Å². The molecule has 0 saturated heterocycles. The Morgan fingerprint density at radius 3 is 2.38 bits per heavy atom. The van der Waals surface area contributed by atoms with Crippen LogP contribution in [0.3, 0.4) is 0 Å². The summed E-state index contributed by atoms with van der Waals surface area (Å²) in [6.07, 6.45) is -3.00. The molecule has 0 aliphatic rings. The van der Waals surface area contributed by atoms with Crippen molar-refractivity contribution in [1.82, 2.24) is 10.3 Å². The second kappa shape index (κ2) is 7.05. The number of pyridine rings is 1. The SMILES string of the molecule is Cc1cnc(C(C)(C)C)cc1C(=O)NCc1cc(C(F)(F)F)ccc1F. The van der Waals surface area contributed by atoms with E-state index < -0.39 is 23.5 Å². The third kappa shape index (κ3) is 4.59. The van der Waals surface area contributed by atoms with Crippen molar-refractivity contribution in [1.29, 1.82) is 0 Å². The monoisotopic (exact) mass is 368 g/mol. The van der Waals surface area contributed by atoms with Gasteiger partial charge >= 0.3 is 6.18 Å². The molecule has 0 aliphatic heterocycles. The van der Waals surface area contributed by atoms with Gasteiger partial charge in [0, 0.05) is 35.0 Å². The highest BCUT2D eigenvalue weighted by molar-refractivity contribution is 5.95. The summed E-state index contributed by atoms with van der Waals surface area (Å²) >= 11 is 0. The minimum absolute atomic E-state index is 0.226. The zero-order valence-electron chi connectivity index (χ0n) is 15.0. The number of benzene rings is 1. The van der Waals surface area contributed by atoms with E-state index in [2.05, 4.69) is 10.3 Å². The first kappa shape index (κ1) is 19.9. The summed E-state index contributed by atoms with van der Waals surface area (Å²) in [4.78, 5) is 16.7. The normalized spacial score (nSPS) is 12.2. The molecule has 1 aromatic heterocycles. The molecule has 0 fully saturated rings. The predicted molar refractivity (Wildman–Crippen MR) is 90.2 cm³/mol. The lowest BCUT2D eigenvalue weighted by atomic mass is 9.90. The number of nitrogens with zero attached hydrogens (tertiary/aromatic N) is 1. The van der Waals surface area contributed by atoms with Gasteiger partial charge in [0.1, 0.15) is 5.82 Å². The van der Waals surface area contributed by atoms with Gasteiger partial charge < -0.3 is 5.32 Å². The molecule has 7 heteroatoms. The molecule has 1 N–H and O–H groups in total. The van der Waals surface area contributed by atoms with Gasteiger partial charge in [-0.3, -0.25) is 9.78 Å². The Hall–Kier alpha value is -2.44. The molecule has 1 aromatic carbocycles. The fraction of sp³-hybridized carbons (Fsp3) is 0.368. The molecule has 26 heavy (non-hydrogen) atoms. The van der Waals surface area contributed by atoms with E-state index in [0.29, 0.717) is 29.0 Å². The predicted octanol–water partition coefficient (Wildman–Crippen LogP) is 4.78. The van der Waals surface area contributed by atoms with Crippen molar-refractivity contribution in [2.75, 3.05) is 0 Å². The molecule has 0 bridgehead atoms. The van der Waals surface area contributed by atoms with Crippen LogP contribution in [0.1, 0.15) is 53.5 Å².